The lowest BCUT2D eigenvalue weighted by Gasteiger charge is -2.20. The normalized spacial score (nSPS) is 17.2. The summed E-state index contributed by atoms with van der Waals surface area (Å²) < 4.78 is 0. The van der Waals surface area contributed by atoms with Crippen molar-refractivity contribution in [2.45, 2.75) is 32.6 Å². The van der Waals surface area contributed by atoms with Crippen LogP contribution in [0, 0.1) is 17.2 Å². The first kappa shape index (κ1) is 15.3. The number of nitrogens with zero attached hydrogens (tertiary/aromatic N) is 1. The number of amides is 1. The van der Waals surface area contributed by atoms with Gasteiger partial charge in [-0.2, -0.15) is 5.26 Å². The lowest BCUT2D eigenvalue weighted by atomic mass is 9.86. The maximum Gasteiger partial charge on any atom is 0.328 e. The maximum atomic E-state index is 11.7. The van der Waals surface area contributed by atoms with Gasteiger partial charge in [0, 0.05) is 17.0 Å². The monoisotopic (exact) mass is 304 g/mol. The van der Waals surface area contributed by atoms with Crippen LogP contribution in [0.2, 0.25) is 0 Å². The molecular formula is C15H16N2O3S. The number of hydrogen-bond acceptors (Lipinski definition) is 4. The van der Waals surface area contributed by atoms with Gasteiger partial charge in [0.15, 0.2) is 0 Å². The van der Waals surface area contributed by atoms with Crippen molar-refractivity contribution in [3.63, 3.8) is 0 Å². The predicted molar refractivity (Wildman–Crippen MR) is 80.2 cm³/mol. The first-order valence-corrected chi connectivity index (χ1v) is 7.63. The van der Waals surface area contributed by atoms with E-state index in [4.69, 9.17) is 5.11 Å². The molecule has 21 heavy (non-hydrogen) atoms. The molecule has 0 saturated heterocycles. The van der Waals surface area contributed by atoms with E-state index in [0.717, 1.165) is 43.4 Å². The molecule has 0 radical (unpaired) electrons. The Morgan fingerprint density at radius 1 is 1.52 bits per heavy atom. The van der Waals surface area contributed by atoms with Crippen LogP contribution in [0.3, 0.4) is 0 Å². The van der Waals surface area contributed by atoms with E-state index in [9.17, 15) is 14.9 Å². The second-order valence-electron chi connectivity index (χ2n) is 5.00. The number of carboxylic acids is 1. The molecule has 1 aromatic heterocycles. The number of nitriles is 1. The van der Waals surface area contributed by atoms with Gasteiger partial charge in [0.1, 0.15) is 11.1 Å². The number of carbonyl (C=O) groups is 2. The Hall–Kier alpha value is -2.13. The van der Waals surface area contributed by atoms with Crippen LogP contribution in [0.4, 0.5) is 5.00 Å². The molecule has 0 fully saturated rings. The Morgan fingerprint density at radius 2 is 2.29 bits per heavy atom. The molecule has 1 aliphatic carbocycles. The topological polar surface area (TPSA) is 90.2 Å². The number of hydrogen-bond donors (Lipinski definition) is 2. The van der Waals surface area contributed by atoms with Crippen LogP contribution in [0.15, 0.2) is 12.2 Å². The van der Waals surface area contributed by atoms with Gasteiger partial charge in [0.25, 0.3) is 0 Å². The third-order valence-corrected chi connectivity index (χ3v) is 4.84. The molecule has 1 aliphatic rings. The highest BCUT2D eigenvalue weighted by Gasteiger charge is 2.25. The van der Waals surface area contributed by atoms with Crippen LogP contribution in [-0.4, -0.2) is 17.0 Å². The van der Waals surface area contributed by atoms with E-state index in [1.54, 1.807) is 0 Å². The molecule has 1 aromatic rings. The van der Waals surface area contributed by atoms with Crippen LogP contribution < -0.4 is 5.32 Å². The first-order valence-electron chi connectivity index (χ1n) is 6.81. The zero-order valence-corrected chi connectivity index (χ0v) is 12.5. The highest BCUT2D eigenvalue weighted by Crippen LogP contribution is 2.39. The predicted octanol–water partition coefficient (Wildman–Crippen LogP) is 2.71. The minimum atomic E-state index is -1.18. The Bertz CT molecular complexity index is 640. The fourth-order valence-corrected chi connectivity index (χ4v) is 3.82. The van der Waals surface area contributed by atoms with E-state index < -0.39 is 11.9 Å². The van der Waals surface area contributed by atoms with E-state index >= 15 is 0 Å². The molecule has 1 amide bonds. The smallest absolute Gasteiger partial charge is 0.328 e. The molecule has 2 N–H and O–H groups in total. The van der Waals surface area contributed by atoms with Crippen LogP contribution in [-0.2, 0) is 22.4 Å². The summed E-state index contributed by atoms with van der Waals surface area (Å²) in [5.74, 6) is -1.07. The highest BCUT2D eigenvalue weighted by atomic mass is 32.1. The Kier molecular flexibility index (Phi) is 4.76. The molecule has 0 aromatic carbocycles. The van der Waals surface area contributed by atoms with Gasteiger partial charge in [0.2, 0.25) is 5.91 Å². The van der Waals surface area contributed by atoms with E-state index in [1.807, 2.05) is 0 Å². The number of nitrogens with one attached hydrogen (secondary N) is 1. The molecule has 1 heterocycles. The molecule has 0 bridgehead atoms. The third-order valence-electron chi connectivity index (χ3n) is 3.67. The zero-order valence-electron chi connectivity index (χ0n) is 11.7. The standard InChI is InChI=1S/C15H16N2O3S/c1-2-9-3-4-10-11(8-16)15(21-12(10)7-9)17-13(18)5-6-14(19)20/h5-6,9H,2-4,7H2,1H3,(H,17,18)(H,19,20)/b6-5-/t9-/m1/s1. The van der Waals surface area contributed by atoms with Crippen molar-refractivity contribution in [3.8, 4) is 6.07 Å². The summed E-state index contributed by atoms with van der Waals surface area (Å²) >= 11 is 1.43. The van der Waals surface area contributed by atoms with Crippen molar-refractivity contribution >= 4 is 28.2 Å². The van der Waals surface area contributed by atoms with Gasteiger partial charge >= 0.3 is 5.97 Å². The second kappa shape index (κ2) is 6.55. The molecule has 6 heteroatoms. The number of carboxylic acid groups (broad SMARTS) is 1. The highest BCUT2D eigenvalue weighted by molar-refractivity contribution is 7.16. The number of rotatable bonds is 4. The van der Waals surface area contributed by atoms with E-state index in [-0.39, 0.29) is 0 Å². The Balaban J connectivity index is 2.22. The zero-order chi connectivity index (χ0) is 15.4. The number of aliphatic carboxylic acids is 1. The van der Waals surface area contributed by atoms with Crippen molar-refractivity contribution in [2.75, 3.05) is 5.32 Å². The summed E-state index contributed by atoms with van der Waals surface area (Å²) in [6.07, 6.45) is 5.74. The van der Waals surface area contributed by atoms with E-state index in [2.05, 4.69) is 18.3 Å². The van der Waals surface area contributed by atoms with Gasteiger partial charge in [-0.1, -0.05) is 13.3 Å². The van der Waals surface area contributed by atoms with Crippen molar-refractivity contribution in [1.29, 1.82) is 5.26 Å². The summed E-state index contributed by atoms with van der Waals surface area (Å²) in [5.41, 5.74) is 1.58. The molecule has 1 atom stereocenters. The first-order chi connectivity index (χ1) is 10.0. The summed E-state index contributed by atoms with van der Waals surface area (Å²) in [5, 5.41) is 21.0. The van der Waals surface area contributed by atoms with Gasteiger partial charge < -0.3 is 10.4 Å². The Morgan fingerprint density at radius 3 is 2.90 bits per heavy atom. The summed E-state index contributed by atoms with van der Waals surface area (Å²) in [7, 11) is 0. The average molecular weight is 304 g/mol. The number of anilines is 1. The Labute approximate surface area is 126 Å². The number of thiophene rings is 1. The fourth-order valence-electron chi connectivity index (χ4n) is 2.51. The summed E-state index contributed by atoms with van der Waals surface area (Å²) in [6, 6.07) is 2.16. The molecular weight excluding hydrogens is 288 g/mol. The van der Waals surface area contributed by atoms with Crippen LogP contribution in [0.1, 0.15) is 35.8 Å². The van der Waals surface area contributed by atoms with Gasteiger partial charge in [0.05, 0.1) is 5.56 Å². The minimum Gasteiger partial charge on any atom is -0.478 e. The second-order valence-corrected chi connectivity index (χ2v) is 6.10. The molecule has 110 valence electrons. The van der Waals surface area contributed by atoms with Crippen LogP contribution in [0.25, 0.3) is 0 Å². The number of carbonyl (C=O) groups excluding carboxylic acids is 1. The molecule has 2 rings (SSSR count). The third kappa shape index (κ3) is 3.50. The largest absolute Gasteiger partial charge is 0.478 e. The molecule has 0 saturated carbocycles. The van der Waals surface area contributed by atoms with Crippen LogP contribution in [0.5, 0.6) is 0 Å². The molecule has 0 aliphatic heterocycles. The van der Waals surface area contributed by atoms with Crippen molar-refractivity contribution in [3.05, 3.63) is 28.2 Å². The lowest BCUT2D eigenvalue weighted by molar-refractivity contribution is -0.131. The number of fused-ring (bicyclic) bond motifs is 1. The summed E-state index contributed by atoms with van der Waals surface area (Å²) in [6.45, 7) is 2.16. The minimum absolute atomic E-state index is 0.527. The average Bonchev–Trinajstić information content (AvgIpc) is 2.80. The van der Waals surface area contributed by atoms with Crippen molar-refractivity contribution in [2.24, 2.45) is 5.92 Å². The summed E-state index contributed by atoms with van der Waals surface area (Å²) in [4.78, 5) is 23.2. The van der Waals surface area contributed by atoms with Gasteiger partial charge in [-0.3, -0.25) is 4.79 Å². The van der Waals surface area contributed by atoms with Gasteiger partial charge in [-0.15, -0.1) is 11.3 Å². The molecule has 0 unspecified atom stereocenters. The molecule has 5 nitrogen and oxygen atoms in total. The quantitative estimate of drug-likeness (QED) is 0.837. The van der Waals surface area contributed by atoms with E-state index in [1.165, 1.54) is 16.2 Å². The van der Waals surface area contributed by atoms with Crippen molar-refractivity contribution in [1.82, 2.24) is 0 Å². The SMILES string of the molecule is CC[C@@H]1CCc2c(sc(NC(=O)/C=C\C(=O)O)c2C#N)C1. The van der Waals surface area contributed by atoms with Gasteiger partial charge in [-0.05, 0) is 30.7 Å². The fraction of sp³-hybridized carbons (Fsp3) is 0.400. The molecule has 0 spiro atoms. The maximum absolute atomic E-state index is 11.7. The lowest BCUT2D eigenvalue weighted by Crippen LogP contribution is -2.12. The van der Waals surface area contributed by atoms with E-state index in [0.29, 0.717) is 16.5 Å². The van der Waals surface area contributed by atoms with Crippen LogP contribution >= 0.6 is 11.3 Å². The van der Waals surface area contributed by atoms with Gasteiger partial charge in [-0.25, -0.2) is 4.79 Å². The van der Waals surface area contributed by atoms with Crippen molar-refractivity contribution < 1.29 is 14.7 Å².